The Morgan fingerprint density at radius 3 is 1.86 bits per heavy atom. The van der Waals surface area contributed by atoms with Crippen molar-refractivity contribution in [2.45, 2.75) is 96.4 Å². The second kappa shape index (κ2) is 4.49. The van der Waals surface area contributed by atoms with Crippen LogP contribution in [0.3, 0.4) is 0 Å². The molecule has 4 heteroatoms. The molecule has 0 spiro atoms. The van der Waals surface area contributed by atoms with Crippen LogP contribution in [0.4, 0.5) is 0 Å². The first kappa shape index (κ1) is 16.3. The molecule has 0 radical (unpaired) electrons. The van der Waals surface area contributed by atoms with E-state index in [2.05, 4.69) is 55.4 Å². The fourth-order valence-corrected chi connectivity index (χ4v) is 3.04. The van der Waals surface area contributed by atoms with Gasteiger partial charge in [0, 0.05) is 12.0 Å². The van der Waals surface area contributed by atoms with Crippen molar-refractivity contribution in [2.75, 3.05) is 6.61 Å². The van der Waals surface area contributed by atoms with Crippen LogP contribution in [0, 0.1) is 0 Å². The molecule has 0 N–H and O–H groups in total. The van der Waals surface area contributed by atoms with E-state index in [1.807, 2.05) is 0 Å². The van der Waals surface area contributed by atoms with E-state index in [4.69, 9.17) is 18.9 Å². The molecule has 1 aliphatic carbocycles. The average Bonchev–Trinajstić information content (AvgIpc) is 2.34. The minimum atomic E-state index is -0.352. The molecule has 0 bridgehead atoms. The van der Waals surface area contributed by atoms with Crippen LogP contribution >= 0.6 is 0 Å². The highest BCUT2D eigenvalue weighted by atomic mass is 16.6. The lowest BCUT2D eigenvalue weighted by Gasteiger charge is -2.55. The maximum absolute atomic E-state index is 6.34. The van der Waals surface area contributed by atoms with E-state index in [1.165, 1.54) is 5.57 Å². The van der Waals surface area contributed by atoms with Crippen LogP contribution in [0.1, 0.15) is 61.8 Å². The first-order valence-electron chi connectivity index (χ1n) is 8.28. The summed E-state index contributed by atoms with van der Waals surface area (Å²) in [6.07, 6.45) is 0.911. The summed E-state index contributed by atoms with van der Waals surface area (Å²) in [5.41, 5.74) is -0.0635. The third kappa shape index (κ3) is 2.22. The minimum Gasteiger partial charge on any atom is -0.486 e. The lowest BCUT2D eigenvalue weighted by atomic mass is 9.80. The van der Waals surface area contributed by atoms with Gasteiger partial charge in [-0.15, -0.1) is 0 Å². The molecule has 4 nitrogen and oxygen atoms in total. The first-order chi connectivity index (χ1) is 9.86. The zero-order chi connectivity index (χ0) is 16.6. The number of ether oxygens (including phenoxy) is 4. The highest BCUT2D eigenvalue weighted by Gasteiger charge is 2.55. The van der Waals surface area contributed by atoms with Gasteiger partial charge in [-0.25, -0.2) is 0 Å². The van der Waals surface area contributed by atoms with Crippen molar-refractivity contribution < 1.29 is 18.9 Å². The number of fused-ring (bicyclic) bond motifs is 1. The van der Waals surface area contributed by atoms with Crippen molar-refractivity contribution in [1.29, 1.82) is 0 Å². The van der Waals surface area contributed by atoms with E-state index < -0.39 is 0 Å². The summed E-state index contributed by atoms with van der Waals surface area (Å²) in [6, 6.07) is 0. The second-order valence-electron chi connectivity index (χ2n) is 8.76. The summed E-state index contributed by atoms with van der Waals surface area (Å²) >= 11 is 0. The van der Waals surface area contributed by atoms with E-state index >= 15 is 0 Å². The van der Waals surface area contributed by atoms with Gasteiger partial charge in [-0.1, -0.05) is 0 Å². The molecule has 22 heavy (non-hydrogen) atoms. The van der Waals surface area contributed by atoms with Crippen molar-refractivity contribution in [1.82, 2.24) is 0 Å². The number of hydrogen-bond acceptors (Lipinski definition) is 4. The Balaban J connectivity index is 1.81. The molecular weight excluding hydrogens is 280 g/mol. The summed E-state index contributed by atoms with van der Waals surface area (Å²) < 4.78 is 24.9. The van der Waals surface area contributed by atoms with Gasteiger partial charge >= 0.3 is 0 Å². The van der Waals surface area contributed by atoms with Crippen LogP contribution in [-0.2, 0) is 18.9 Å². The van der Waals surface area contributed by atoms with E-state index in [-0.39, 0.29) is 34.6 Å². The first-order valence-corrected chi connectivity index (χ1v) is 8.28. The summed E-state index contributed by atoms with van der Waals surface area (Å²) in [7, 11) is 0. The van der Waals surface area contributed by atoms with Crippen molar-refractivity contribution in [3.8, 4) is 0 Å². The Bertz CT molecular complexity index is 513. The predicted octanol–water partition coefficient (Wildman–Crippen LogP) is 3.59. The van der Waals surface area contributed by atoms with Crippen LogP contribution in [0.2, 0.25) is 0 Å². The van der Waals surface area contributed by atoms with Crippen LogP contribution in [0.25, 0.3) is 0 Å². The zero-order valence-electron chi connectivity index (χ0n) is 15.2. The summed E-state index contributed by atoms with van der Waals surface area (Å²) in [4.78, 5) is 0. The molecule has 126 valence electrons. The van der Waals surface area contributed by atoms with Gasteiger partial charge in [0.25, 0.3) is 0 Å². The molecule has 3 rings (SSSR count). The molecule has 2 saturated heterocycles. The second-order valence-corrected chi connectivity index (χ2v) is 8.76. The van der Waals surface area contributed by atoms with Crippen LogP contribution in [0.15, 0.2) is 11.3 Å². The standard InChI is InChI=1S/C18H30O4/c1-15(2)16(3,4)21-13(10-19-15)11-9-12-14(11)22-18(7,8)17(5,6)20-12/h12-13H,9-10H2,1-8H3. The predicted molar refractivity (Wildman–Crippen MR) is 84.7 cm³/mol. The Morgan fingerprint density at radius 2 is 1.27 bits per heavy atom. The number of rotatable bonds is 1. The molecule has 0 aromatic carbocycles. The van der Waals surface area contributed by atoms with E-state index in [0.29, 0.717) is 6.61 Å². The lowest BCUT2D eigenvalue weighted by molar-refractivity contribution is -0.269. The third-order valence-corrected chi connectivity index (χ3v) is 6.14. The molecule has 2 aliphatic heterocycles. The van der Waals surface area contributed by atoms with Crippen molar-refractivity contribution in [3.05, 3.63) is 11.3 Å². The van der Waals surface area contributed by atoms with Crippen LogP contribution in [0.5, 0.6) is 0 Å². The van der Waals surface area contributed by atoms with Crippen molar-refractivity contribution in [2.24, 2.45) is 0 Å². The Hall–Kier alpha value is -0.580. The average molecular weight is 310 g/mol. The van der Waals surface area contributed by atoms with E-state index in [9.17, 15) is 0 Å². The minimum absolute atomic E-state index is 0.0325. The molecular formula is C18H30O4. The Morgan fingerprint density at radius 1 is 0.727 bits per heavy atom. The van der Waals surface area contributed by atoms with Gasteiger partial charge in [0.2, 0.25) is 0 Å². The van der Waals surface area contributed by atoms with Gasteiger partial charge in [0.15, 0.2) is 0 Å². The Labute approximate surface area is 134 Å². The molecule has 3 aliphatic rings. The fraction of sp³-hybridized carbons (Fsp3) is 0.889. The Kier molecular flexibility index (Phi) is 3.32. The quantitative estimate of drug-likeness (QED) is 0.741. The monoisotopic (exact) mass is 310 g/mol. The highest BCUT2D eigenvalue weighted by Crippen LogP contribution is 2.49. The third-order valence-electron chi connectivity index (χ3n) is 6.14. The molecule has 0 aromatic heterocycles. The van der Waals surface area contributed by atoms with E-state index in [0.717, 1.165) is 12.2 Å². The van der Waals surface area contributed by atoms with Gasteiger partial charge in [0.1, 0.15) is 29.2 Å². The van der Waals surface area contributed by atoms with Gasteiger partial charge in [-0.05, 0) is 55.4 Å². The molecule has 0 aromatic rings. The highest BCUT2D eigenvalue weighted by molar-refractivity contribution is 5.32. The van der Waals surface area contributed by atoms with Gasteiger partial charge < -0.3 is 18.9 Å². The maximum Gasteiger partial charge on any atom is 0.131 e. The number of hydrogen-bond donors (Lipinski definition) is 0. The van der Waals surface area contributed by atoms with Crippen molar-refractivity contribution in [3.63, 3.8) is 0 Å². The van der Waals surface area contributed by atoms with Gasteiger partial charge in [-0.3, -0.25) is 0 Å². The molecule has 0 saturated carbocycles. The smallest absolute Gasteiger partial charge is 0.131 e. The fourth-order valence-electron chi connectivity index (χ4n) is 3.04. The molecule has 0 amide bonds. The molecule has 2 fully saturated rings. The maximum atomic E-state index is 6.34. The van der Waals surface area contributed by atoms with Crippen LogP contribution < -0.4 is 0 Å². The lowest BCUT2D eigenvalue weighted by Crippen LogP contribution is -2.61. The van der Waals surface area contributed by atoms with Gasteiger partial charge in [-0.2, -0.15) is 0 Å². The topological polar surface area (TPSA) is 36.9 Å². The summed E-state index contributed by atoms with van der Waals surface area (Å²) in [6.45, 7) is 17.3. The summed E-state index contributed by atoms with van der Waals surface area (Å²) in [5.74, 6) is 0.966. The largest absolute Gasteiger partial charge is 0.486 e. The SMILES string of the molecule is CC1(C)OCC(C2=C3OC(C)(C)C(C)(C)OC3C2)OC1(C)C. The van der Waals surface area contributed by atoms with E-state index in [1.54, 1.807) is 0 Å². The molecule has 2 heterocycles. The molecule has 2 unspecified atom stereocenters. The van der Waals surface area contributed by atoms with Gasteiger partial charge in [0.05, 0.1) is 17.8 Å². The van der Waals surface area contributed by atoms with Crippen LogP contribution in [-0.4, -0.2) is 41.2 Å². The normalized spacial score (nSPS) is 37.8. The molecule has 2 atom stereocenters. The van der Waals surface area contributed by atoms with Crippen molar-refractivity contribution >= 4 is 0 Å². The summed E-state index contributed by atoms with van der Waals surface area (Å²) in [5, 5.41) is 0. The zero-order valence-corrected chi connectivity index (χ0v) is 15.2.